The van der Waals surface area contributed by atoms with E-state index in [1.807, 2.05) is 37.8 Å². The minimum atomic E-state index is -0.313. The van der Waals surface area contributed by atoms with Crippen molar-refractivity contribution < 1.29 is 4.39 Å². The number of halogens is 1. The molecule has 7 nitrogen and oxygen atoms in total. The van der Waals surface area contributed by atoms with Gasteiger partial charge in [0.25, 0.3) is 0 Å². The zero-order chi connectivity index (χ0) is 20.5. The van der Waals surface area contributed by atoms with Gasteiger partial charge in [0.1, 0.15) is 6.33 Å². The number of aryl methyl sites for hydroxylation is 1. The fraction of sp³-hybridized carbons (Fsp3) is 0.524. The fourth-order valence-corrected chi connectivity index (χ4v) is 4.20. The Bertz CT molecular complexity index is 1060. The summed E-state index contributed by atoms with van der Waals surface area (Å²) in [7, 11) is 0. The van der Waals surface area contributed by atoms with Gasteiger partial charge in [0.2, 0.25) is 0 Å². The highest BCUT2D eigenvalue weighted by Gasteiger charge is 2.26. The van der Waals surface area contributed by atoms with E-state index >= 15 is 0 Å². The number of hydrogen-bond acceptors (Lipinski definition) is 5. The van der Waals surface area contributed by atoms with Gasteiger partial charge in [-0.05, 0) is 43.7 Å². The summed E-state index contributed by atoms with van der Waals surface area (Å²) < 4.78 is 18.4. The van der Waals surface area contributed by atoms with Crippen molar-refractivity contribution in [3.63, 3.8) is 0 Å². The smallest absolute Gasteiger partial charge is 0.330 e. The Balaban J connectivity index is 1.51. The SMILES string of the molecule is CCn1c(=O)n(CC2CCN(c3ncnc(C(C)C)c3F)CC2)c2ncccc21. The Morgan fingerprint density at radius 3 is 2.62 bits per heavy atom. The Morgan fingerprint density at radius 2 is 1.93 bits per heavy atom. The molecule has 0 aliphatic carbocycles. The second-order valence-electron chi connectivity index (χ2n) is 7.97. The summed E-state index contributed by atoms with van der Waals surface area (Å²) in [6, 6.07) is 3.80. The largest absolute Gasteiger partial charge is 0.354 e. The number of pyridine rings is 1. The molecule has 0 spiro atoms. The second-order valence-corrected chi connectivity index (χ2v) is 7.97. The molecule has 0 saturated carbocycles. The number of hydrogen-bond donors (Lipinski definition) is 0. The predicted molar refractivity (Wildman–Crippen MR) is 111 cm³/mol. The highest BCUT2D eigenvalue weighted by atomic mass is 19.1. The fourth-order valence-electron chi connectivity index (χ4n) is 4.20. The van der Waals surface area contributed by atoms with Crippen LogP contribution in [0.1, 0.15) is 45.2 Å². The Morgan fingerprint density at radius 1 is 1.17 bits per heavy atom. The van der Waals surface area contributed by atoms with Crippen LogP contribution in [0.4, 0.5) is 10.2 Å². The van der Waals surface area contributed by atoms with E-state index in [2.05, 4.69) is 15.0 Å². The van der Waals surface area contributed by atoms with Crippen LogP contribution in [0.15, 0.2) is 29.5 Å². The Kier molecular flexibility index (Phi) is 5.34. The van der Waals surface area contributed by atoms with Crippen LogP contribution in [-0.2, 0) is 13.1 Å². The van der Waals surface area contributed by atoms with Gasteiger partial charge in [-0.3, -0.25) is 9.13 Å². The number of aromatic nitrogens is 5. The van der Waals surface area contributed by atoms with E-state index in [4.69, 9.17) is 0 Å². The normalized spacial score (nSPS) is 15.6. The van der Waals surface area contributed by atoms with Gasteiger partial charge in [-0.15, -0.1) is 0 Å². The van der Waals surface area contributed by atoms with Crippen LogP contribution in [0.2, 0.25) is 0 Å². The lowest BCUT2D eigenvalue weighted by Crippen LogP contribution is -2.37. The topological polar surface area (TPSA) is 68.8 Å². The lowest BCUT2D eigenvalue weighted by Gasteiger charge is -2.33. The predicted octanol–water partition coefficient (Wildman–Crippen LogP) is 3.19. The maximum atomic E-state index is 14.8. The van der Waals surface area contributed by atoms with Gasteiger partial charge < -0.3 is 4.90 Å². The van der Waals surface area contributed by atoms with Gasteiger partial charge in [-0.25, -0.2) is 24.1 Å². The molecule has 8 heteroatoms. The van der Waals surface area contributed by atoms with Crippen molar-refractivity contribution in [2.75, 3.05) is 18.0 Å². The summed E-state index contributed by atoms with van der Waals surface area (Å²) in [6.07, 6.45) is 4.92. The average Bonchev–Trinajstić information content (AvgIpc) is 2.99. The number of piperidine rings is 1. The van der Waals surface area contributed by atoms with Crippen molar-refractivity contribution in [3.8, 4) is 0 Å². The molecule has 3 aromatic heterocycles. The van der Waals surface area contributed by atoms with Gasteiger partial charge >= 0.3 is 5.69 Å². The summed E-state index contributed by atoms with van der Waals surface area (Å²) in [5.74, 6) is 0.442. The molecular weight excluding hydrogens is 371 g/mol. The Hall–Kier alpha value is -2.77. The summed E-state index contributed by atoms with van der Waals surface area (Å²) in [5, 5.41) is 0. The first kappa shape index (κ1) is 19.5. The van der Waals surface area contributed by atoms with Gasteiger partial charge in [-0.1, -0.05) is 13.8 Å². The molecule has 0 N–H and O–H groups in total. The lowest BCUT2D eigenvalue weighted by molar-refractivity contribution is 0.351. The van der Waals surface area contributed by atoms with Crippen LogP contribution in [0, 0.1) is 11.7 Å². The molecule has 3 aromatic rings. The molecule has 1 saturated heterocycles. The standard InChI is InChI=1S/C21H27FN6O/c1-4-27-16-6-5-9-23-19(16)28(21(27)29)12-15-7-10-26(11-8-15)20-17(22)18(14(2)3)24-13-25-20/h5-6,9,13-15H,4,7-8,10-12H2,1-3H3. The minimum absolute atomic E-state index is 0.00736. The average molecular weight is 398 g/mol. The number of imidazole rings is 1. The second kappa shape index (κ2) is 7.93. The van der Waals surface area contributed by atoms with Crippen molar-refractivity contribution in [2.24, 2.45) is 5.92 Å². The van der Waals surface area contributed by atoms with Gasteiger partial charge in [-0.2, -0.15) is 0 Å². The molecule has 1 fully saturated rings. The molecular formula is C21H27FN6O. The first-order chi connectivity index (χ1) is 14.0. The highest BCUT2D eigenvalue weighted by Crippen LogP contribution is 2.28. The number of rotatable bonds is 5. The van der Waals surface area contributed by atoms with E-state index in [9.17, 15) is 9.18 Å². The molecule has 0 amide bonds. The molecule has 4 heterocycles. The third-order valence-electron chi connectivity index (χ3n) is 5.79. The highest BCUT2D eigenvalue weighted by molar-refractivity contribution is 5.71. The first-order valence-electron chi connectivity index (χ1n) is 10.3. The molecule has 0 radical (unpaired) electrons. The summed E-state index contributed by atoms with van der Waals surface area (Å²) in [6.45, 7) is 8.52. The number of nitrogens with zero attached hydrogens (tertiary/aromatic N) is 6. The van der Waals surface area contributed by atoms with E-state index in [1.165, 1.54) is 6.33 Å². The molecule has 4 rings (SSSR count). The van der Waals surface area contributed by atoms with Crippen LogP contribution in [-0.4, -0.2) is 37.2 Å². The summed E-state index contributed by atoms with van der Waals surface area (Å²) in [4.78, 5) is 27.6. The summed E-state index contributed by atoms with van der Waals surface area (Å²) in [5.41, 5.74) is 2.07. The van der Waals surface area contributed by atoms with Crippen LogP contribution < -0.4 is 10.6 Å². The van der Waals surface area contributed by atoms with Crippen molar-refractivity contribution in [1.82, 2.24) is 24.1 Å². The molecule has 0 aromatic carbocycles. The number of anilines is 1. The third kappa shape index (κ3) is 3.52. The third-order valence-corrected chi connectivity index (χ3v) is 5.79. The van der Waals surface area contributed by atoms with Crippen molar-refractivity contribution in [1.29, 1.82) is 0 Å². The van der Waals surface area contributed by atoms with Crippen molar-refractivity contribution in [3.05, 3.63) is 46.7 Å². The molecule has 0 atom stereocenters. The molecule has 1 aliphatic heterocycles. The molecule has 29 heavy (non-hydrogen) atoms. The van der Waals surface area contributed by atoms with Gasteiger partial charge in [0.05, 0.1) is 11.2 Å². The Labute approximate surface area is 169 Å². The zero-order valence-electron chi connectivity index (χ0n) is 17.2. The van der Waals surface area contributed by atoms with Crippen LogP contribution >= 0.6 is 0 Å². The van der Waals surface area contributed by atoms with E-state index in [0.717, 1.165) is 24.0 Å². The number of fused-ring (bicyclic) bond motifs is 1. The maximum Gasteiger partial charge on any atom is 0.330 e. The van der Waals surface area contributed by atoms with Crippen molar-refractivity contribution >= 4 is 17.0 Å². The minimum Gasteiger partial charge on any atom is -0.354 e. The maximum absolute atomic E-state index is 14.8. The van der Waals surface area contributed by atoms with Crippen molar-refractivity contribution in [2.45, 2.75) is 52.6 Å². The van der Waals surface area contributed by atoms with E-state index in [-0.39, 0.29) is 17.4 Å². The molecule has 0 bridgehead atoms. The monoisotopic (exact) mass is 398 g/mol. The van der Waals surface area contributed by atoms with Gasteiger partial charge in [0.15, 0.2) is 17.3 Å². The summed E-state index contributed by atoms with van der Waals surface area (Å²) >= 11 is 0. The van der Waals surface area contributed by atoms with E-state index in [0.29, 0.717) is 43.6 Å². The molecule has 154 valence electrons. The van der Waals surface area contributed by atoms with Crippen LogP contribution in [0.25, 0.3) is 11.2 Å². The van der Waals surface area contributed by atoms with Gasteiger partial charge in [0, 0.05) is 32.4 Å². The van der Waals surface area contributed by atoms with E-state index < -0.39 is 0 Å². The molecule has 0 unspecified atom stereocenters. The quantitative estimate of drug-likeness (QED) is 0.660. The zero-order valence-corrected chi connectivity index (χ0v) is 17.2. The van der Waals surface area contributed by atoms with Crippen LogP contribution in [0.5, 0.6) is 0 Å². The first-order valence-corrected chi connectivity index (χ1v) is 10.3. The lowest BCUT2D eigenvalue weighted by atomic mass is 9.96. The van der Waals surface area contributed by atoms with Crippen LogP contribution in [0.3, 0.4) is 0 Å². The molecule has 1 aliphatic rings. The van der Waals surface area contributed by atoms with E-state index in [1.54, 1.807) is 15.3 Å².